The van der Waals surface area contributed by atoms with Crippen LogP contribution in [0.4, 0.5) is 5.69 Å². The summed E-state index contributed by atoms with van der Waals surface area (Å²) in [4.78, 5) is 12.8. The molecule has 0 amide bonds. The molecule has 0 aliphatic carbocycles. The van der Waals surface area contributed by atoms with Crippen molar-refractivity contribution in [1.29, 1.82) is 0 Å². The van der Waals surface area contributed by atoms with Gasteiger partial charge in [0, 0.05) is 24.8 Å². The Morgan fingerprint density at radius 3 is 2.81 bits per heavy atom. The molecule has 0 radical (unpaired) electrons. The number of aromatic nitrogens is 3. The van der Waals surface area contributed by atoms with E-state index in [2.05, 4.69) is 51.4 Å². The zero-order valence-electron chi connectivity index (χ0n) is 15.3. The predicted molar refractivity (Wildman–Crippen MR) is 117 cm³/mol. The summed E-state index contributed by atoms with van der Waals surface area (Å²) in [5.74, 6) is 1.80. The van der Waals surface area contributed by atoms with Gasteiger partial charge in [-0.2, -0.15) is 4.98 Å². The number of pyridine rings is 1. The van der Waals surface area contributed by atoms with Crippen molar-refractivity contribution in [2.24, 2.45) is 10.7 Å². The fourth-order valence-electron chi connectivity index (χ4n) is 2.39. The van der Waals surface area contributed by atoms with Gasteiger partial charge in [-0.1, -0.05) is 37.2 Å². The maximum atomic E-state index is 5.96. The molecule has 2 aromatic heterocycles. The summed E-state index contributed by atoms with van der Waals surface area (Å²) in [7, 11) is 0. The van der Waals surface area contributed by atoms with Gasteiger partial charge in [-0.05, 0) is 35.7 Å². The first-order chi connectivity index (χ1) is 12.6. The van der Waals surface area contributed by atoms with Gasteiger partial charge in [-0.25, -0.2) is 0 Å². The lowest BCUT2D eigenvalue weighted by atomic mass is 10.0. The van der Waals surface area contributed by atoms with Crippen LogP contribution in [0.5, 0.6) is 0 Å². The first-order valence-corrected chi connectivity index (χ1v) is 8.52. The van der Waals surface area contributed by atoms with Crippen LogP contribution in [0.3, 0.4) is 0 Å². The standard InChI is InChI=1S/C19H22N6O.HI/c1-13(2)14-6-5-7-15(12-14)23-19(20)22-11-9-17-24-18(26-25-17)16-8-3-4-10-21-16;/h3-8,10,12-13H,9,11H2,1-2H3,(H3,20,22,23);1H. The largest absolute Gasteiger partial charge is 0.370 e. The van der Waals surface area contributed by atoms with Crippen molar-refractivity contribution in [3.05, 3.63) is 60.0 Å². The molecule has 0 fully saturated rings. The molecule has 8 heteroatoms. The number of anilines is 1. The normalized spacial score (nSPS) is 11.3. The second kappa shape index (κ2) is 10.0. The number of guanidine groups is 1. The maximum Gasteiger partial charge on any atom is 0.276 e. The van der Waals surface area contributed by atoms with Crippen molar-refractivity contribution >= 4 is 35.6 Å². The van der Waals surface area contributed by atoms with Crippen LogP contribution in [0.2, 0.25) is 0 Å². The molecule has 142 valence electrons. The Morgan fingerprint density at radius 1 is 1.22 bits per heavy atom. The molecule has 1 aromatic carbocycles. The minimum absolute atomic E-state index is 0. The van der Waals surface area contributed by atoms with Crippen LogP contribution in [-0.4, -0.2) is 27.6 Å². The van der Waals surface area contributed by atoms with E-state index in [1.54, 1.807) is 6.20 Å². The number of aliphatic imine (C=N–C) groups is 1. The zero-order valence-corrected chi connectivity index (χ0v) is 17.6. The summed E-state index contributed by atoms with van der Waals surface area (Å²) in [5, 5.41) is 7.06. The Hall–Kier alpha value is -2.49. The summed E-state index contributed by atoms with van der Waals surface area (Å²) in [6, 6.07) is 13.7. The molecule has 0 spiro atoms. The van der Waals surface area contributed by atoms with Gasteiger partial charge < -0.3 is 15.6 Å². The molecule has 0 atom stereocenters. The third-order valence-electron chi connectivity index (χ3n) is 3.80. The number of nitrogens with zero attached hydrogens (tertiary/aromatic N) is 4. The summed E-state index contributed by atoms with van der Waals surface area (Å²) >= 11 is 0. The van der Waals surface area contributed by atoms with Gasteiger partial charge in [0.15, 0.2) is 11.8 Å². The van der Waals surface area contributed by atoms with Crippen LogP contribution in [0.25, 0.3) is 11.6 Å². The predicted octanol–water partition coefficient (Wildman–Crippen LogP) is 3.84. The lowest BCUT2D eigenvalue weighted by Gasteiger charge is -2.09. The monoisotopic (exact) mass is 478 g/mol. The molecule has 3 rings (SSSR count). The van der Waals surface area contributed by atoms with Gasteiger partial charge in [0.05, 0.1) is 0 Å². The highest BCUT2D eigenvalue weighted by Crippen LogP contribution is 2.18. The molecule has 0 aliphatic rings. The Balaban J connectivity index is 0.00000261. The molecular formula is C19H23IN6O. The van der Waals surface area contributed by atoms with E-state index in [1.807, 2.05) is 30.3 Å². The Kier molecular flexibility index (Phi) is 7.71. The van der Waals surface area contributed by atoms with Gasteiger partial charge in [0.1, 0.15) is 5.69 Å². The van der Waals surface area contributed by atoms with Gasteiger partial charge >= 0.3 is 0 Å². The van der Waals surface area contributed by atoms with E-state index in [-0.39, 0.29) is 24.0 Å². The lowest BCUT2D eigenvalue weighted by molar-refractivity contribution is 0.421. The first-order valence-electron chi connectivity index (χ1n) is 8.52. The third-order valence-corrected chi connectivity index (χ3v) is 3.80. The molecule has 0 bridgehead atoms. The molecule has 0 aliphatic heterocycles. The lowest BCUT2D eigenvalue weighted by Crippen LogP contribution is -2.23. The van der Waals surface area contributed by atoms with Crippen molar-refractivity contribution in [3.63, 3.8) is 0 Å². The summed E-state index contributed by atoms with van der Waals surface area (Å²) in [5.41, 5.74) is 8.78. The Bertz CT molecular complexity index is 879. The van der Waals surface area contributed by atoms with Crippen LogP contribution < -0.4 is 11.1 Å². The number of benzene rings is 1. The van der Waals surface area contributed by atoms with Crippen LogP contribution in [0.15, 0.2) is 58.2 Å². The van der Waals surface area contributed by atoms with Crippen molar-refractivity contribution in [3.8, 4) is 11.6 Å². The molecule has 2 heterocycles. The molecule has 0 saturated carbocycles. The quantitative estimate of drug-likeness (QED) is 0.317. The minimum atomic E-state index is 0. The number of nitrogens with one attached hydrogen (secondary N) is 1. The summed E-state index contributed by atoms with van der Waals surface area (Å²) in [6.45, 7) is 4.77. The van der Waals surface area contributed by atoms with Crippen LogP contribution in [-0.2, 0) is 6.42 Å². The number of hydrogen-bond acceptors (Lipinski definition) is 5. The van der Waals surface area contributed by atoms with E-state index < -0.39 is 0 Å². The molecule has 27 heavy (non-hydrogen) atoms. The van der Waals surface area contributed by atoms with Crippen molar-refractivity contribution < 1.29 is 4.52 Å². The molecular weight excluding hydrogens is 455 g/mol. The fraction of sp³-hybridized carbons (Fsp3) is 0.263. The Labute approximate surface area is 175 Å². The summed E-state index contributed by atoms with van der Waals surface area (Å²) in [6.07, 6.45) is 2.22. The van der Waals surface area contributed by atoms with Gasteiger partial charge in [0.25, 0.3) is 5.89 Å². The summed E-state index contributed by atoms with van der Waals surface area (Å²) < 4.78 is 5.22. The third kappa shape index (κ3) is 6.02. The van der Waals surface area contributed by atoms with Crippen molar-refractivity contribution in [2.75, 3.05) is 11.9 Å². The smallest absolute Gasteiger partial charge is 0.276 e. The van der Waals surface area contributed by atoms with Gasteiger partial charge in [0.2, 0.25) is 0 Å². The second-order valence-corrected chi connectivity index (χ2v) is 6.15. The molecule has 0 unspecified atom stereocenters. The van der Waals surface area contributed by atoms with E-state index in [4.69, 9.17) is 10.3 Å². The van der Waals surface area contributed by atoms with Crippen molar-refractivity contribution in [2.45, 2.75) is 26.2 Å². The fourth-order valence-corrected chi connectivity index (χ4v) is 2.39. The van der Waals surface area contributed by atoms with Gasteiger partial charge in [-0.3, -0.25) is 9.98 Å². The van der Waals surface area contributed by atoms with E-state index in [9.17, 15) is 0 Å². The van der Waals surface area contributed by atoms with Crippen LogP contribution in [0.1, 0.15) is 31.2 Å². The Morgan fingerprint density at radius 2 is 2.07 bits per heavy atom. The SMILES string of the molecule is CC(C)c1cccc(NC(N)=NCCc2noc(-c3ccccn3)n2)c1.I. The van der Waals surface area contributed by atoms with E-state index in [0.717, 1.165) is 5.69 Å². The van der Waals surface area contributed by atoms with E-state index in [0.29, 0.717) is 42.3 Å². The molecule has 0 saturated heterocycles. The molecule has 3 aromatic rings. The second-order valence-electron chi connectivity index (χ2n) is 6.15. The van der Waals surface area contributed by atoms with E-state index in [1.165, 1.54) is 5.56 Å². The minimum Gasteiger partial charge on any atom is -0.370 e. The average molecular weight is 478 g/mol. The van der Waals surface area contributed by atoms with Crippen LogP contribution in [0, 0.1) is 0 Å². The highest BCUT2D eigenvalue weighted by molar-refractivity contribution is 14.0. The molecule has 3 N–H and O–H groups in total. The van der Waals surface area contributed by atoms with Crippen LogP contribution >= 0.6 is 24.0 Å². The highest BCUT2D eigenvalue weighted by Gasteiger charge is 2.09. The highest BCUT2D eigenvalue weighted by atomic mass is 127. The van der Waals surface area contributed by atoms with Gasteiger partial charge in [-0.15, -0.1) is 24.0 Å². The maximum absolute atomic E-state index is 5.96. The van der Waals surface area contributed by atoms with E-state index >= 15 is 0 Å². The number of rotatable bonds is 6. The number of halogens is 1. The topological polar surface area (TPSA) is 102 Å². The zero-order chi connectivity index (χ0) is 18.4. The average Bonchev–Trinajstić information content (AvgIpc) is 3.11. The number of nitrogens with two attached hydrogens (primary N) is 1. The molecule has 7 nitrogen and oxygen atoms in total. The van der Waals surface area contributed by atoms with Crippen molar-refractivity contribution in [1.82, 2.24) is 15.1 Å². The first kappa shape index (κ1) is 20.8. The number of hydrogen-bond donors (Lipinski definition) is 2.